The zero-order chi connectivity index (χ0) is 11.0. The fraction of sp³-hybridized carbons (Fsp3) is 1.00. The normalized spacial score (nSPS) is 61.1. The third-order valence-electron chi connectivity index (χ3n) is 6.73. The monoisotopic (exact) mass is 282 g/mol. The molecule has 0 aliphatic heterocycles. The maximum absolute atomic E-state index is 4.19. The lowest BCUT2D eigenvalue weighted by molar-refractivity contribution is -0.0798. The molecule has 0 heterocycles. The molecule has 0 amide bonds. The Hall–Kier alpha value is 0.480. The highest BCUT2D eigenvalue weighted by Crippen LogP contribution is 2.86. The minimum absolute atomic E-state index is 0.601. The molecule has 16 heavy (non-hydrogen) atoms. The summed E-state index contributed by atoms with van der Waals surface area (Å²) in [7, 11) is 0. The van der Waals surface area contributed by atoms with Gasteiger partial charge >= 0.3 is 0 Å². The van der Waals surface area contributed by atoms with Gasteiger partial charge in [0.2, 0.25) is 0 Å². The van der Waals surface area contributed by atoms with E-state index >= 15 is 0 Å². The van der Waals surface area contributed by atoms with E-state index in [4.69, 9.17) is 0 Å². The van der Waals surface area contributed by atoms with Crippen LogP contribution in [0.5, 0.6) is 0 Å². The highest BCUT2D eigenvalue weighted by atomic mass is 79.9. The summed E-state index contributed by atoms with van der Waals surface area (Å²) in [5.41, 5.74) is 1.56. The topological polar surface area (TPSA) is 0 Å². The number of unbranched alkanes of at least 4 members (excludes halogenated alkanes) is 1. The number of hydrogen-bond donors (Lipinski definition) is 0. The van der Waals surface area contributed by atoms with Crippen molar-refractivity contribution >= 4 is 15.9 Å². The summed E-state index contributed by atoms with van der Waals surface area (Å²) >= 11 is 4.19. The molecule has 0 aromatic carbocycles. The molecule has 0 radical (unpaired) electrons. The standard InChI is InChI=1S/C15H23Br/c1-2-3-4-13-6-11-5-12-8-14(13,7-11)15(16,9-12)10-13/h11-12H,2-10H2,1H3. The van der Waals surface area contributed by atoms with Crippen molar-refractivity contribution in [1.29, 1.82) is 0 Å². The molecule has 1 spiro atoms. The van der Waals surface area contributed by atoms with E-state index in [2.05, 4.69) is 22.9 Å². The van der Waals surface area contributed by atoms with Gasteiger partial charge in [-0.1, -0.05) is 35.7 Å². The van der Waals surface area contributed by atoms with Gasteiger partial charge in [-0.05, 0) is 67.6 Å². The van der Waals surface area contributed by atoms with Crippen molar-refractivity contribution in [1.82, 2.24) is 0 Å². The number of halogens is 1. The van der Waals surface area contributed by atoms with Crippen LogP contribution in [0.3, 0.4) is 0 Å². The Morgan fingerprint density at radius 3 is 2.62 bits per heavy atom. The lowest BCUT2D eigenvalue weighted by Gasteiger charge is -2.64. The zero-order valence-corrected chi connectivity index (χ0v) is 12.0. The minimum Gasteiger partial charge on any atom is -0.0847 e. The largest absolute Gasteiger partial charge is 0.0847 e. The van der Waals surface area contributed by atoms with E-state index in [9.17, 15) is 0 Å². The van der Waals surface area contributed by atoms with Gasteiger partial charge in [0.1, 0.15) is 0 Å². The third kappa shape index (κ3) is 0.920. The van der Waals surface area contributed by atoms with Crippen LogP contribution < -0.4 is 0 Å². The lowest BCUT2D eigenvalue weighted by Crippen LogP contribution is -2.61. The SMILES string of the molecule is CCCCC12CC3CC4CC(Br)(C1)C2(C4)C3. The van der Waals surface area contributed by atoms with Crippen LogP contribution >= 0.6 is 15.9 Å². The first-order valence-electron chi connectivity index (χ1n) is 7.32. The number of fused-ring (bicyclic) bond motifs is 2. The number of alkyl halides is 1. The Bertz CT molecular complexity index is 334. The second-order valence-corrected chi connectivity index (χ2v) is 8.91. The Kier molecular flexibility index (Phi) is 1.88. The molecule has 5 unspecified atom stereocenters. The van der Waals surface area contributed by atoms with Crippen LogP contribution in [0.25, 0.3) is 0 Å². The van der Waals surface area contributed by atoms with E-state index < -0.39 is 0 Å². The third-order valence-corrected chi connectivity index (χ3v) is 8.10. The van der Waals surface area contributed by atoms with Gasteiger partial charge in [0.05, 0.1) is 0 Å². The molecule has 0 nitrogen and oxygen atoms in total. The summed E-state index contributed by atoms with van der Waals surface area (Å²) in [6, 6.07) is 0. The molecule has 90 valence electrons. The van der Waals surface area contributed by atoms with Gasteiger partial charge in [-0.2, -0.15) is 0 Å². The van der Waals surface area contributed by atoms with E-state index in [1.807, 2.05) is 0 Å². The number of rotatable bonds is 3. The number of hydrogen-bond acceptors (Lipinski definition) is 0. The van der Waals surface area contributed by atoms with Crippen molar-refractivity contribution in [2.45, 2.75) is 69.0 Å². The summed E-state index contributed by atoms with van der Waals surface area (Å²) in [6.45, 7) is 2.35. The highest BCUT2D eigenvalue weighted by Gasteiger charge is 2.79. The van der Waals surface area contributed by atoms with E-state index in [0.29, 0.717) is 4.32 Å². The van der Waals surface area contributed by atoms with E-state index in [0.717, 1.165) is 22.7 Å². The minimum atomic E-state index is 0.601. The first-order valence-corrected chi connectivity index (χ1v) is 8.11. The van der Waals surface area contributed by atoms with Crippen molar-refractivity contribution in [3.8, 4) is 0 Å². The summed E-state index contributed by atoms with van der Waals surface area (Å²) in [6.07, 6.45) is 13.8. The Morgan fingerprint density at radius 1 is 1.12 bits per heavy atom. The highest BCUT2D eigenvalue weighted by molar-refractivity contribution is 9.10. The van der Waals surface area contributed by atoms with Crippen LogP contribution in [-0.4, -0.2) is 4.32 Å². The summed E-state index contributed by atoms with van der Waals surface area (Å²) in [4.78, 5) is 0. The van der Waals surface area contributed by atoms with Gasteiger partial charge in [-0.3, -0.25) is 0 Å². The Balaban J connectivity index is 1.72. The molecule has 0 N–H and O–H groups in total. The van der Waals surface area contributed by atoms with E-state index in [1.165, 1.54) is 25.7 Å². The zero-order valence-electron chi connectivity index (χ0n) is 10.4. The average Bonchev–Trinajstić information content (AvgIpc) is 2.51. The second-order valence-electron chi connectivity index (χ2n) is 7.39. The molecule has 4 rings (SSSR count). The molecule has 4 fully saturated rings. The van der Waals surface area contributed by atoms with Crippen molar-refractivity contribution < 1.29 is 0 Å². The maximum Gasteiger partial charge on any atom is 0.0327 e. The van der Waals surface area contributed by atoms with Crippen LogP contribution in [-0.2, 0) is 0 Å². The molecule has 4 saturated carbocycles. The summed E-state index contributed by atoms with van der Waals surface area (Å²) in [5, 5.41) is 0. The van der Waals surface area contributed by atoms with Gasteiger partial charge in [0.15, 0.2) is 0 Å². The van der Waals surface area contributed by atoms with Crippen molar-refractivity contribution in [3.05, 3.63) is 0 Å². The second kappa shape index (κ2) is 2.90. The quantitative estimate of drug-likeness (QED) is 0.645. The van der Waals surface area contributed by atoms with Gasteiger partial charge in [0.25, 0.3) is 0 Å². The average molecular weight is 283 g/mol. The molecule has 3 bridgehead atoms. The Morgan fingerprint density at radius 2 is 1.88 bits per heavy atom. The van der Waals surface area contributed by atoms with Crippen LogP contribution in [0, 0.1) is 22.7 Å². The molecule has 1 heteroatoms. The summed E-state index contributed by atoms with van der Waals surface area (Å²) in [5.74, 6) is 2.20. The molecule has 5 atom stereocenters. The maximum atomic E-state index is 4.19. The van der Waals surface area contributed by atoms with Crippen LogP contribution in [0.4, 0.5) is 0 Å². The van der Waals surface area contributed by atoms with Crippen LogP contribution in [0.15, 0.2) is 0 Å². The van der Waals surface area contributed by atoms with Gasteiger partial charge in [-0.15, -0.1) is 0 Å². The Labute approximate surface area is 108 Å². The van der Waals surface area contributed by atoms with E-state index in [1.54, 1.807) is 32.1 Å². The predicted octanol–water partition coefficient (Wildman–Crippen LogP) is 4.91. The lowest BCUT2D eigenvalue weighted by atomic mass is 9.45. The fourth-order valence-electron chi connectivity index (χ4n) is 6.55. The van der Waals surface area contributed by atoms with Gasteiger partial charge in [0, 0.05) is 4.32 Å². The summed E-state index contributed by atoms with van der Waals surface area (Å²) < 4.78 is 0.601. The fourth-order valence-corrected chi connectivity index (χ4v) is 8.29. The van der Waals surface area contributed by atoms with Gasteiger partial charge in [-0.25, -0.2) is 0 Å². The molecule has 0 aromatic heterocycles. The van der Waals surface area contributed by atoms with Crippen LogP contribution in [0.1, 0.15) is 64.7 Å². The molecule has 4 aliphatic carbocycles. The molecule has 0 aromatic rings. The van der Waals surface area contributed by atoms with Crippen molar-refractivity contribution in [2.24, 2.45) is 22.7 Å². The molecule has 0 saturated heterocycles. The van der Waals surface area contributed by atoms with Gasteiger partial charge < -0.3 is 0 Å². The molecular formula is C15H23Br. The molecule has 4 aliphatic rings. The van der Waals surface area contributed by atoms with Crippen LogP contribution in [0.2, 0.25) is 0 Å². The first-order chi connectivity index (χ1) is 7.63. The van der Waals surface area contributed by atoms with Crippen molar-refractivity contribution in [3.63, 3.8) is 0 Å². The van der Waals surface area contributed by atoms with Crippen molar-refractivity contribution in [2.75, 3.05) is 0 Å². The van der Waals surface area contributed by atoms with E-state index in [-0.39, 0.29) is 0 Å². The predicted molar refractivity (Wildman–Crippen MR) is 70.7 cm³/mol. The molecular weight excluding hydrogens is 260 g/mol. The smallest absolute Gasteiger partial charge is 0.0327 e. The first kappa shape index (κ1) is 10.4.